The van der Waals surface area contributed by atoms with Crippen molar-refractivity contribution in [2.75, 3.05) is 32.7 Å². The number of carbonyl (C=O) groups is 2. The second-order valence-electron chi connectivity index (χ2n) is 6.46. The van der Waals surface area contributed by atoms with E-state index in [1.165, 1.54) is 18.9 Å². The molecule has 0 spiro atoms. The number of ether oxygens (including phenoxy) is 3. The smallest absolute Gasteiger partial charge is 0.338 e. The zero-order valence-electron chi connectivity index (χ0n) is 16.6. The van der Waals surface area contributed by atoms with E-state index >= 15 is 0 Å². The molecule has 2 heterocycles. The van der Waals surface area contributed by atoms with Crippen molar-refractivity contribution in [3.8, 4) is 5.75 Å². The van der Waals surface area contributed by atoms with E-state index in [1.807, 2.05) is 24.3 Å². The molecule has 0 saturated carbocycles. The summed E-state index contributed by atoms with van der Waals surface area (Å²) in [5.74, 6) is 0.801. The van der Waals surface area contributed by atoms with Crippen LogP contribution in [0.4, 0.5) is 0 Å². The molecule has 1 aromatic rings. The third-order valence-electron chi connectivity index (χ3n) is 4.51. The zero-order chi connectivity index (χ0) is 20.8. The van der Waals surface area contributed by atoms with Gasteiger partial charge in [-0.05, 0) is 24.6 Å². The number of esters is 1. The van der Waals surface area contributed by atoms with Gasteiger partial charge in [-0.1, -0.05) is 36.5 Å². The van der Waals surface area contributed by atoms with Crippen LogP contribution in [0.15, 0.2) is 53.2 Å². The fraction of sp³-hybridized carbons (Fsp3) is 0.381. The molecule has 1 fully saturated rings. The van der Waals surface area contributed by atoms with Gasteiger partial charge in [-0.15, -0.1) is 0 Å². The Morgan fingerprint density at radius 3 is 2.79 bits per heavy atom. The molecule has 1 atom stereocenters. The van der Waals surface area contributed by atoms with Crippen LogP contribution >= 0.6 is 11.8 Å². The quantitative estimate of drug-likeness (QED) is 0.368. The number of amidine groups is 1. The second-order valence-corrected chi connectivity index (χ2v) is 7.52. The van der Waals surface area contributed by atoms with E-state index in [2.05, 4.69) is 11.6 Å². The van der Waals surface area contributed by atoms with E-state index in [0.29, 0.717) is 47.6 Å². The lowest BCUT2D eigenvalue weighted by molar-refractivity contribution is -0.141. The first-order valence-electron chi connectivity index (χ1n) is 9.30. The predicted octanol–water partition coefficient (Wildman–Crippen LogP) is 3.09. The van der Waals surface area contributed by atoms with Crippen molar-refractivity contribution in [3.05, 3.63) is 53.8 Å². The largest absolute Gasteiger partial charge is 0.490 e. The number of aliphatic imine (C=N–C) groups is 1. The SMILES string of the molecule is C=CCOc1ccc([C@@H]2C(C(=O)OCCOC)=C(C)N=C3SCCC(=O)N32)cc1. The predicted molar refractivity (Wildman–Crippen MR) is 112 cm³/mol. The summed E-state index contributed by atoms with van der Waals surface area (Å²) < 4.78 is 15.9. The van der Waals surface area contributed by atoms with Gasteiger partial charge in [0.05, 0.1) is 23.9 Å². The molecular weight excluding hydrogens is 392 g/mol. The number of allylic oxidation sites excluding steroid dienone is 1. The van der Waals surface area contributed by atoms with Gasteiger partial charge in [0, 0.05) is 19.3 Å². The molecule has 0 N–H and O–H groups in total. The molecule has 2 aliphatic heterocycles. The molecule has 0 bridgehead atoms. The average molecular weight is 416 g/mol. The van der Waals surface area contributed by atoms with E-state index in [1.54, 1.807) is 17.9 Å². The maximum atomic E-state index is 12.9. The molecular formula is C21H24N2O5S. The van der Waals surface area contributed by atoms with Gasteiger partial charge in [-0.2, -0.15) is 0 Å². The Balaban J connectivity index is 1.98. The maximum Gasteiger partial charge on any atom is 0.338 e. The van der Waals surface area contributed by atoms with E-state index in [9.17, 15) is 9.59 Å². The molecule has 154 valence electrons. The lowest BCUT2D eigenvalue weighted by Gasteiger charge is -2.38. The summed E-state index contributed by atoms with van der Waals surface area (Å²) in [5.41, 5.74) is 1.70. The summed E-state index contributed by atoms with van der Waals surface area (Å²) in [6.45, 7) is 6.23. The van der Waals surface area contributed by atoms with Gasteiger partial charge in [-0.3, -0.25) is 9.69 Å². The number of carbonyl (C=O) groups excluding carboxylic acids is 2. The Morgan fingerprint density at radius 2 is 2.10 bits per heavy atom. The molecule has 1 aromatic carbocycles. The van der Waals surface area contributed by atoms with Crippen molar-refractivity contribution in [2.45, 2.75) is 19.4 Å². The highest BCUT2D eigenvalue weighted by atomic mass is 32.2. The Labute approximate surface area is 174 Å². The average Bonchev–Trinajstić information content (AvgIpc) is 2.72. The number of fused-ring (bicyclic) bond motifs is 1. The molecule has 0 aliphatic carbocycles. The van der Waals surface area contributed by atoms with Gasteiger partial charge in [0.2, 0.25) is 5.91 Å². The molecule has 0 unspecified atom stereocenters. The number of nitrogens with zero attached hydrogens (tertiary/aromatic N) is 2. The van der Waals surface area contributed by atoms with Crippen molar-refractivity contribution >= 4 is 28.8 Å². The van der Waals surface area contributed by atoms with Gasteiger partial charge in [0.25, 0.3) is 0 Å². The van der Waals surface area contributed by atoms with Crippen LogP contribution in [0.2, 0.25) is 0 Å². The van der Waals surface area contributed by atoms with Crippen molar-refractivity contribution in [1.82, 2.24) is 4.90 Å². The standard InChI is InChI=1S/C21H24N2O5S/c1-4-10-27-16-7-5-15(6-8-16)19-18(20(25)28-12-11-26-3)14(2)22-21-23(19)17(24)9-13-29-21/h4-8,19H,1,9-13H2,2-3H3/t19-/m1/s1. The summed E-state index contributed by atoms with van der Waals surface area (Å²) in [5, 5.41) is 0.615. The third kappa shape index (κ3) is 4.71. The number of methoxy groups -OCH3 is 1. The lowest BCUT2D eigenvalue weighted by Crippen LogP contribution is -2.45. The van der Waals surface area contributed by atoms with Crippen molar-refractivity contribution in [1.29, 1.82) is 0 Å². The topological polar surface area (TPSA) is 77.4 Å². The van der Waals surface area contributed by atoms with Gasteiger partial charge in [-0.25, -0.2) is 9.79 Å². The Kier molecular flexibility index (Phi) is 7.11. The Morgan fingerprint density at radius 1 is 1.34 bits per heavy atom. The molecule has 8 heteroatoms. The summed E-state index contributed by atoms with van der Waals surface area (Å²) in [6, 6.07) is 6.75. The highest BCUT2D eigenvalue weighted by Gasteiger charge is 2.41. The molecule has 1 saturated heterocycles. The number of thioether (sulfide) groups is 1. The van der Waals surface area contributed by atoms with Crippen LogP contribution in [0, 0.1) is 0 Å². The molecule has 29 heavy (non-hydrogen) atoms. The minimum atomic E-state index is -0.591. The molecule has 3 rings (SSSR count). The Bertz CT molecular complexity index is 847. The second kappa shape index (κ2) is 9.76. The molecule has 0 radical (unpaired) electrons. The van der Waals surface area contributed by atoms with Crippen LogP contribution in [-0.4, -0.2) is 54.6 Å². The lowest BCUT2D eigenvalue weighted by atomic mass is 9.94. The molecule has 1 amide bonds. The minimum Gasteiger partial charge on any atom is -0.490 e. The van der Waals surface area contributed by atoms with E-state index in [0.717, 1.165) is 5.56 Å². The highest BCUT2D eigenvalue weighted by Crippen LogP contribution is 2.40. The van der Waals surface area contributed by atoms with Crippen LogP contribution in [0.3, 0.4) is 0 Å². The summed E-state index contributed by atoms with van der Waals surface area (Å²) in [4.78, 5) is 31.7. The first-order chi connectivity index (χ1) is 14.1. The molecule has 7 nitrogen and oxygen atoms in total. The van der Waals surface area contributed by atoms with Gasteiger partial charge < -0.3 is 14.2 Å². The fourth-order valence-electron chi connectivity index (χ4n) is 3.17. The first-order valence-corrected chi connectivity index (χ1v) is 10.3. The van der Waals surface area contributed by atoms with Crippen molar-refractivity contribution in [2.24, 2.45) is 4.99 Å². The number of hydrogen-bond acceptors (Lipinski definition) is 7. The van der Waals surface area contributed by atoms with Crippen LogP contribution in [-0.2, 0) is 19.1 Å². The van der Waals surface area contributed by atoms with Crippen molar-refractivity contribution < 1.29 is 23.8 Å². The van der Waals surface area contributed by atoms with Crippen LogP contribution < -0.4 is 4.74 Å². The van der Waals surface area contributed by atoms with E-state index < -0.39 is 12.0 Å². The highest BCUT2D eigenvalue weighted by molar-refractivity contribution is 8.14. The maximum absolute atomic E-state index is 12.9. The van der Waals surface area contributed by atoms with E-state index in [-0.39, 0.29) is 12.5 Å². The summed E-state index contributed by atoms with van der Waals surface area (Å²) in [7, 11) is 1.54. The van der Waals surface area contributed by atoms with E-state index in [4.69, 9.17) is 14.2 Å². The Hall–Kier alpha value is -2.58. The van der Waals surface area contributed by atoms with Crippen LogP contribution in [0.25, 0.3) is 0 Å². The van der Waals surface area contributed by atoms with Crippen LogP contribution in [0.5, 0.6) is 5.75 Å². The molecule has 2 aliphatic rings. The number of rotatable bonds is 8. The number of amides is 1. The number of hydrogen-bond donors (Lipinski definition) is 0. The minimum absolute atomic E-state index is 0.0609. The summed E-state index contributed by atoms with van der Waals surface area (Å²) >= 11 is 1.52. The third-order valence-corrected chi connectivity index (χ3v) is 5.47. The molecule has 0 aromatic heterocycles. The van der Waals surface area contributed by atoms with Gasteiger partial charge >= 0.3 is 5.97 Å². The fourth-order valence-corrected chi connectivity index (χ4v) is 4.18. The zero-order valence-corrected chi connectivity index (χ0v) is 17.4. The van der Waals surface area contributed by atoms with Gasteiger partial charge in [0.1, 0.15) is 19.0 Å². The van der Waals surface area contributed by atoms with Gasteiger partial charge in [0.15, 0.2) is 5.17 Å². The first kappa shape index (κ1) is 21.1. The monoisotopic (exact) mass is 416 g/mol. The normalized spacial score (nSPS) is 18.8. The van der Waals surface area contributed by atoms with Crippen LogP contribution in [0.1, 0.15) is 24.9 Å². The summed E-state index contributed by atoms with van der Waals surface area (Å²) in [6.07, 6.45) is 2.06. The number of benzene rings is 1. The van der Waals surface area contributed by atoms with Crippen molar-refractivity contribution in [3.63, 3.8) is 0 Å².